The molecular weight excluding hydrogens is 454 g/mol. The van der Waals surface area contributed by atoms with Crippen molar-refractivity contribution in [3.8, 4) is 21.8 Å². The quantitative estimate of drug-likeness (QED) is 0.396. The first-order valence-electron chi connectivity index (χ1n) is 10.8. The average molecular weight is 478 g/mol. The van der Waals surface area contributed by atoms with Gasteiger partial charge in [-0.2, -0.15) is 0 Å². The van der Waals surface area contributed by atoms with Crippen LogP contribution >= 0.6 is 11.3 Å². The summed E-state index contributed by atoms with van der Waals surface area (Å²) in [6.07, 6.45) is 2.15. The van der Waals surface area contributed by atoms with Crippen LogP contribution in [-0.4, -0.2) is 63.4 Å². The lowest BCUT2D eigenvalue weighted by Gasteiger charge is -2.28. The number of nitrogens with zero attached hydrogens (tertiary/aromatic N) is 5. The normalized spacial score (nSPS) is 14.8. The van der Waals surface area contributed by atoms with Crippen molar-refractivity contribution in [2.45, 2.75) is 13.0 Å². The minimum Gasteiger partial charge on any atom is -0.384 e. The van der Waals surface area contributed by atoms with Crippen LogP contribution in [0.4, 0.5) is 17.5 Å². The molecule has 0 aliphatic carbocycles. The second kappa shape index (κ2) is 9.29. The van der Waals surface area contributed by atoms with Crippen LogP contribution in [0, 0.1) is 0 Å². The first kappa shape index (κ1) is 22.1. The van der Waals surface area contributed by atoms with E-state index in [4.69, 9.17) is 20.4 Å². The first-order valence-corrected chi connectivity index (χ1v) is 11.6. The van der Waals surface area contributed by atoms with E-state index in [-0.39, 0.29) is 5.95 Å². The molecule has 10 nitrogen and oxygen atoms in total. The van der Waals surface area contributed by atoms with Gasteiger partial charge in [0.2, 0.25) is 5.95 Å². The summed E-state index contributed by atoms with van der Waals surface area (Å²) in [5, 5.41) is 12.2. The molecule has 0 saturated carbocycles. The second-order valence-corrected chi connectivity index (χ2v) is 8.92. The van der Waals surface area contributed by atoms with E-state index in [1.165, 1.54) is 6.92 Å². The van der Waals surface area contributed by atoms with E-state index in [2.05, 4.69) is 20.2 Å². The molecule has 1 aliphatic rings. The number of benzene rings is 1. The average Bonchev–Trinajstić information content (AvgIpc) is 3.29. The number of hydrogen-bond donors (Lipinski definition) is 3. The maximum atomic E-state index is 11.9. The Morgan fingerprint density at radius 1 is 1.18 bits per heavy atom. The van der Waals surface area contributed by atoms with Crippen molar-refractivity contribution in [3.05, 3.63) is 42.7 Å². The number of fused-ring (bicyclic) bond motifs is 1. The number of thiophene rings is 1. The van der Waals surface area contributed by atoms with Gasteiger partial charge in [-0.25, -0.2) is 19.9 Å². The van der Waals surface area contributed by atoms with Gasteiger partial charge in [-0.15, -0.1) is 11.3 Å². The van der Waals surface area contributed by atoms with Crippen LogP contribution in [0.1, 0.15) is 6.92 Å². The molecule has 1 aromatic carbocycles. The fourth-order valence-corrected chi connectivity index (χ4v) is 4.74. The van der Waals surface area contributed by atoms with E-state index in [1.54, 1.807) is 29.8 Å². The zero-order chi connectivity index (χ0) is 23.7. The number of hydrogen-bond acceptors (Lipinski definition) is 10. The predicted octanol–water partition coefficient (Wildman–Crippen LogP) is 2.55. The van der Waals surface area contributed by atoms with Gasteiger partial charge in [0.15, 0.2) is 11.6 Å². The Morgan fingerprint density at radius 3 is 2.68 bits per heavy atom. The number of anilines is 3. The van der Waals surface area contributed by atoms with Gasteiger partial charge in [0.05, 0.1) is 29.0 Å². The Labute approximate surface area is 199 Å². The van der Waals surface area contributed by atoms with Gasteiger partial charge in [0, 0.05) is 36.0 Å². The summed E-state index contributed by atoms with van der Waals surface area (Å²) < 4.78 is 6.50. The Balaban J connectivity index is 1.59. The van der Waals surface area contributed by atoms with Crippen molar-refractivity contribution in [3.63, 3.8) is 0 Å². The lowest BCUT2D eigenvalue weighted by Crippen LogP contribution is -2.36. The number of ether oxygens (including phenoxy) is 1. The molecule has 0 unspecified atom stereocenters. The van der Waals surface area contributed by atoms with Gasteiger partial charge in [0.1, 0.15) is 6.10 Å². The first-order chi connectivity index (χ1) is 16.5. The number of carbonyl (C=O) groups excluding carboxylic acids is 1. The van der Waals surface area contributed by atoms with Gasteiger partial charge < -0.3 is 25.8 Å². The van der Waals surface area contributed by atoms with Crippen LogP contribution in [0.25, 0.3) is 32.0 Å². The molecule has 0 radical (unpaired) electrons. The SMILES string of the molecule is C[C@H](O)C(=O)Nc1cccc(-c2cc3nc(-c4cnc(N)nc4)nc(N4CCOCC4)c3s2)c1. The van der Waals surface area contributed by atoms with E-state index in [9.17, 15) is 9.90 Å². The molecule has 5 rings (SSSR count). The zero-order valence-corrected chi connectivity index (χ0v) is 19.2. The smallest absolute Gasteiger partial charge is 0.252 e. The molecular formula is C23H23N7O3S. The van der Waals surface area contributed by atoms with Crippen LogP contribution in [0.15, 0.2) is 42.7 Å². The Kier molecular flexibility index (Phi) is 6.05. The minimum absolute atomic E-state index is 0.193. The molecule has 0 spiro atoms. The second-order valence-electron chi connectivity index (χ2n) is 7.87. The standard InChI is InChI=1S/C23H23N7O3S/c1-13(31)22(32)27-16-4-2-3-14(9-16)18-10-17-19(34-18)21(30-5-7-33-8-6-30)29-20(28-17)15-11-25-23(24)26-12-15/h2-4,9-13,31H,5-8H2,1H3,(H,27,32)(H2,24,25,26)/t13-/m0/s1. The van der Waals surface area contributed by atoms with Crippen molar-refractivity contribution < 1.29 is 14.6 Å². The van der Waals surface area contributed by atoms with Gasteiger partial charge in [-0.1, -0.05) is 12.1 Å². The highest BCUT2D eigenvalue weighted by Crippen LogP contribution is 2.39. The molecule has 4 heterocycles. The van der Waals surface area contributed by atoms with E-state index >= 15 is 0 Å². The Bertz CT molecular complexity index is 1330. The van der Waals surface area contributed by atoms with Crippen molar-refractivity contribution >= 4 is 44.9 Å². The molecule has 1 atom stereocenters. The topological polar surface area (TPSA) is 139 Å². The Hall–Kier alpha value is -3.67. The molecule has 1 amide bonds. The maximum absolute atomic E-state index is 11.9. The number of nitrogens with one attached hydrogen (secondary N) is 1. The van der Waals surface area contributed by atoms with E-state index in [0.29, 0.717) is 30.3 Å². The summed E-state index contributed by atoms with van der Waals surface area (Å²) >= 11 is 1.59. The molecule has 0 bridgehead atoms. The van der Waals surface area contributed by atoms with Crippen molar-refractivity contribution in [1.82, 2.24) is 19.9 Å². The van der Waals surface area contributed by atoms with Crippen molar-refractivity contribution in [1.29, 1.82) is 0 Å². The Morgan fingerprint density at radius 2 is 1.94 bits per heavy atom. The summed E-state index contributed by atoms with van der Waals surface area (Å²) in [5.74, 6) is 1.11. The highest BCUT2D eigenvalue weighted by Gasteiger charge is 2.21. The number of rotatable bonds is 5. The number of aliphatic hydroxyl groups is 1. The lowest BCUT2D eigenvalue weighted by atomic mass is 10.1. The summed E-state index contributed by atoms with van der Waals surface area (Å²) in [4.78, 5) is 32.9. The third-order valence-electron chi connectivity index (χ3n) is 5.39. The number of aliphatic hydroxyl groups excluding tert-OH is 1. The number of nitrogen functional groups attached to an aromatic ring is 1. The minimum atomic E-state index is -1.09. The highest BCUT2D eigenvalue weighted by atomic mass is 32.1. The number of amides is 1. The predicted molar refractivity (Wildman–Crippen MR) is 132 cm³/mol. The number of aromatic nitrogens is 4. The molecule has 1 aliphatic heterocycles. The number of morpholine rings is 1. The van der Waals surface area contributed by atoms with Gasteiger partial charge >= 0.3 is 0 Å². The third kappa shape index (κ3) is 4.53. The van der Waals surface area contributed by atoms with E-state index in [1.807, 2.05) is 24.3 Å². The maximum Gasteiger partial charge on any atom is 0.252 e. The van der Waals surface area contributed by atoms with Gasteiger partial charge in [0.25, 0.3) is 5.91 Å². The van der Waals surface area contributed by atoms with Crippen molar-refractivity contribution in [2.24, 2.45) is 0 Å². The molecule has 1 fully saturated rings. The lowest BCUT2D eigenvalue weighted by molar-refractivity contribution is -0.123. The van der Waals surface area contributed by atoms with E-state index in [0.717, 1.165) is 39.6 Å². The largest absolute Gasteiger partial charge is 0.384 e. The molecule has 34 heavy (non-hydrogen) atoms. The van der Waals surface area contributed by atoms with E-state index < -0.39 is 12.0 Å². The monoisotopic (exact) mass is 477 g/mol. The molecule has 11 heteroatoms. The zero-order valence-electron chi connectivity index (χ0n) is 18.4. The summed E-state index contributed by atoms with van der Waals surface area (Å²) in [7, 11) is 0. The fraction of sp³-hybridized carbons (Fsp3) is 0.261. The van der Waals surface area contributed by atoms with Gasteiger partial charge in [-0.3, -0.25) is 4.79 Å². The number of nitrogens with two attached hydrogens (primary N) is 1. The molecule has 1 saturated heterocycles. The summed E-state index contributed by atoms with van der Waals surface area (Å²) in [5.41, 5.74) is 8.67. The molecule has 4 aromatic rings. The van der Waals surface area contributed by atoms with Crippen molar-refractivity contribution in [2.75, 3.05) is 42.3 Å². The highest BCUT2D eigenvalue weighted by molar-refractivity contribution is 7.22. The molecule has 4 N–H and O–H groups in total. The summed E-state index contributed by atoms with van der Waals surface area (Å²) in [6.45, 7) is 4.17. The van der Waals surface area contributed by atoms with Crippen LogP contribution in [-0.2, 0) is 9.53 Å². The third-order valence-corrected chi connectivity index (χ3v) is 6.56. The van der Waals surface area contributed by atoms with Crippen LogP contribution in [0.3, 0.4) is 0 Å². The number of carbonyl (C=O) groups is 1. The van der Waals surface area contributed by atoms with Crippen LogP contribution in [0.2, 0.25) is 0 Å². The molecule has 3 aromatic heterocycles. The fourth-order valence-electron chi connectivity index (χ4n) is 3.63. The summed E-state index contributed by atoms with van der Waals surface area (Å²) in [6, 6.07) is 9.52. The van der Waals surface area contributed by atoms with Crippen LogP contribution in [0.5, 0.6) is 0 Å². The van der Waals surface area contributed by atoms with Gasteiger partial charge in [-0.05, 0) is 30.7 Å². The molecule has 174 valence electrons. The van der Waals surface area contributed by atoms with Crippen LogP contribution < -0.4 is 16.0 Å².